The SMILES string of the molecule is CC(=O)N1N=C(c2ccc(Cl)cc2)CC1c1ccc(-c2ccc(Cl)c(Cl)c2)o1. The van der Waals surface area contributed by atoms with Gasteiger partial charge in [-0.2, -0.15) is 5.10 Å². The van der Waals surface area contributed by atoms with E-state index in [1.807, 2.05) is 30.3 Å². The van der Waals surface area contributed by atoms with Gasteiger partial charge in [-0.25, -0.2) is 5.01 Å². The maximum absolute atomic E-state index is 12.1. The van der Waals surface area contributed by atoms with Crippen molar-refractivity contribution in [3.8, 4) is 11.3 Å². The summed E-state index contributed by atoms with van der Waals surface area (Å²) < 4.78 is 6.04. The van der Waals surface area contributed by atoms with E-state index in [2.05, 4.69) is 5.10 Å². The lowest BCUT2D eigenvalue weighted by atomic mass is 10.0. The number of hydrazone groups is 1. The smallest absolute Gasteiger partial charge is 0.240 e. The maximum atomic E-state index is 12.1. The number of furan rings is 1. The Kier molecular flexibility index (Phi) is 5.19. The van der Waals surface area contributed by atoms with Crippen LogP contribution in [-0.4, -0.2) is 16.6 Å². The number of hydrogen-bond donors (Lipinski definition) is 0. The first kappa shape index (κ1) is 19.1. The lowest BCUT2D eigenvalue weighted by Gasteiger charge is -2.17. The summed E-state index contributed by atoms with van der Waals surface area (Å²) in [6, 6.07) is 16.1. The molecular formula is C21H15Cl3N2O2. The second-order valence-corrected chi connectivity index (χ2v) is 7.72. The summed E-state index contributed by atoms with van der Waals surface area (Å²) in [6.45, 7) is 1.49. The fraction of sp³-hybridized carbons (Fsp3) is 0.143. The monoisotopic (exact) mass is 432 g/mol. The molecular weight excluding hydrogens is 419 g/mol. The summed E-state index contributed by atoms with van der Waals surface area (Å²) in [5.41, 5.74) is 2.55. The minimum Gasteiger partial charge on any atom is -0.459 e. The third kappa shape index (κ3) is 3.68. The first-order chi connectivity index (χ1) is 13.4. The Morgan fingerprint density at radius 3 is 2.39 bits per heavy atom. The van der Waals surface area contributed by atoms with E-state index in [9.17, 15) is 4.79 Å². The van der Waals surface area contributed by atoms with Gasteiger partial charge in [0.1, 0.15) is 17.6 Å². The topological polar surface area (TPSA) is 45.8 Å². The van der Waals surface area contributed by atoms with Gasteiger partial charge in [-0.15, -0.1) is 0 Å². The second-order valence-electron chi connectivity index (χ2n) is 6.47. The van der Waals surface area contributed by atoms with Crippen LogP contribution in [0.4, 0.5) is 0 Å². The number of rotatable bonds is 3. The number of halogens is 3. The van der Waals surface area contributed by atoms with Gasteiger partial charge in [-0.05, 0) is 48.0 Å². The van der Waals surface area contributed by atoms with E-state index in [1.165, 1.54) is 11.9 Å². The van der Waals surface area contributed by atoms with Gasteiger partial charge in [0.2, 0.25) is 5.91 Å². The Balaban J connectivity index is 1.63. The molecule has 1 amide bonds. The first-order valence-corrected chi connectivity index (χ1v) is 9.74. The molecule has 0 spiro atoms. The Labute approximate surface area is 177 Å². The summed E-state index contributed by atoms with van der Waals surface area (Å²) in [7, 11) is 0. The normalized spacial score (nSPS) is 16.4. The highest BCUT2D eigenvalue weighted by molar-refractivity contribution is 6.42. The molecule has 142 valence electrons. The highest BCUT2D eigenvalue weighted by atomic mass is 35.5. The van der Waals surface area contributed by atoms with Gasteiger partial charge in [0.15, 0.2) is 0 Å². The lowest BCUT2D eigenvalue weighted by Crippen LogP contribution is -2.23. The zero-order chi connectivity index (χ0) is 19.8. The Bertz CT molecular complexity index is 1070. The van der Waals surface area contributed by atoms with Gasteiger partial charge < -0.3 is 4.42 Å². The van der Waals surface area contributed by atoms with Gasteiger partial charge in [0.05, 0.1) is 15.8 Å². The summed E-state index contributed by atoms with van der Waals surface area (Å²) in [5, 5.41) is 7.56. The maximum Gasteiger partial charge on any atom is 0.240 e. The largest absolute Gasteiger partial charge is 0.459 e. The van der Waals surface area contributed by atoms with E-state index in [1.54, 1.807) is 24.3 Å². The average molecular weight is 434 g/mol. The fourth-order valence-electron chi connectivity index (χ4n) is 3.18. The van der Waals surface area contributed by atoms with Crippen molar-refractivity contribution in [2.24, 2.45) is 5.10 Å². The summed E-state index contributed by atoms with van der Waals surface area (Å²) in [4.78, 5) is 12.1. The van der Waals surface area contributed by atoms with Crippen LogP contribution in [0.3, 0.4) is 0 Å². The first-order valence-electron chi connectivity index (χ1n) is 8.61. The number of benzene rings is 2. The highest BCUT2D eigenvalue weighted by Gasteiger charge is 2.33. The molecule has 0 saturated heterocycles. The molecule has 0 bridgehead atoms. The molecule has 2 heterocycles. The molecule has 0 aliphatic carbocycles. The quantitative estimate of drug-likeness (QED) is 0.467. The van der Waals surface area contributed by atoms with Crippen LogP contribution in [0.25, 0.3) is 11.3 Å². The predicted molar refractivity (Wildman–Crippen MR) is 112 cm³/mol. The van der Waals surface area contributed by atoms with Gasteiger partial charge in [0, 0.05) is 23.9 Å². The molecule has 1 atom stereocenters. The van der Waals surface area contributed by atoms with Crippen LogP contribution < -0.4 is 0 Å². The molecule has 1 aliphatic rings. The molecule has 0 fully saturated rings. The van der Waals surface area contributed by atoms with E-state index in [4.69, 9.17) is 39.2 Å². The Morgan fingerprint density at radius 2 is 1.71 bits per heavy atom. The summed E-state index contributed by atoms with van der Waals surface area (Å²) in [6.07, 6.45) is 0.551. The average Bonchev–Trinajstić information content (AvgIpc) is 3.31. The summed E-state index contributed by atoms with van der Waals surface area (Å²) >= 11 is 18.1. The highest BCUT2D eigenvalue weighted by Crippen LogP contribution is 2.37. The molecule has 0 N–H and O–H groups in total. The van der Waals surface area contributed by atoms with Crippen LogP contribution in [-0.2, 0) is 4.79 Å². The molecule has 4 nitrogen and oxygen atoms in total. The molecule has 1 unspecified atom stereocenters. The number of amides is 1. The lowest BCUT2D eigenvalue weighted by molar-refractivity contribution is -0.130. The van der Waals surface area contributed by atoms with Crippen LogP contribution in [0.1, 0.15) is 30.7 Å². The molecule has 0 radical (unpaired) electrons. The van der Waals surface area contributed by atoms with Crippen LogP contribution >= 0.6 is 34.8 Å². The van der Waals surface area contributed by atoms with Crippen molar-refractivity contribution >= 4 is 46.4 Å². The van der Waals surface area contributed by atoms with Crippen molar-refractivity contribution < 1.29 is 9.21 Å². The number of hydrogen-bond acceptors (Lipinski definition) is 3. The van der Waals surface area contributed by atoms with Gasteiger partial charge in [0.25, 0.3) is 0 Å². The minimum absolute atomic E-state index is 0.151. The predicted octanol–water partition coefficient (Wildman–Crippen LogP) is 6.60. The van der Waals surface area contributed by atoms with E-state index >= 15 is 0 Å². The Morgan fingerprint density at radius 1 is 1.00 bits per heavy atom. The van der Waals surface area contributed by atoms with Crippen LogP contribution in [0.15, 0.2) is 64.1 Å². The van der Waals surface area contributed by atoms with E-state index in [-0.39, 0.29) is 11.9 Å². The van der Waals surface area contributed by atoms with E-state index in [0.717, 1.165) is 16.8 Å². The molecule has 2 aromatic carbocycles. The van der Waals surface area contributed by atoms with Gasteiger partial charge in [-0.3, -0.25) is 4.79 Å². The molecule has 1 aliphatic heterocycles. The van der Waals surface area contributed by atoms with Crippen LogP contribution in [0, 0.1) is 0 Å². The van der Waals surface area contributed by atoms with E-state index in [0.29, 0.717) is 33.0 Å². The van der Waals surface area contributed by atoms with Gasteiger partial charge >= 0.3 is 0 Å². The van der Waals surface area contributed by atoms with Crippen LogP contribution in [0.5, 0.6) is 0 Å². The molecule has 1 aromatic heterocycles. The zero-order valence-corrected chi connectivity index (χ0v) is 17.1. The van der Waals surface area contributed by atoms with Crippen molar-refractivity contribution in [3.05, 3.63) is 81.0 Å². The van der Waals surface area contributed by atoms with E-state index < -0.39 is 0 Å². The van der Waals surface area contributed by atoms with Crippen molar-refractivity contribution in [1.29, 1.82) is 0 Å². The van der Waals surface area contributed by atoms with Crippen molar-refractivity contribution in [1.82, 2.24) is 5.01 Å². The second kappa shape index (κ2) is 7.63. The van der Waals surface area contributed by atoms with Crippen LogP contribution in [0.2, 0.25) is 15.1 Å². The molecule has 4 rings (SSSR count). The molecule has 3 aromatic rings. The molecule has 28 heavy (non-hydrogen) atoms. The Hall–Kier alpha value is -2.27. The zero-order valence-electron chi connectivity index (χ0n) is 14.8. The fourth-order valence-corrected chi connectivity index (χ4v) is 3.60. The number of nitrogens with zero attached hydrogens (tertiary/aromatic N) is 2. The third-order valence-corrected chi connectivity index (χ3v) is 5.56. The number of carbonyl (C=O) groups excluding carboxylic acids is 1. The molecule has 7 heteroatoms. The minimum atomic E-state index is -0.306. The van der Waals surface area contributed by atoms with Crippen molar-refractivity contribution in [2.45, 2.75) is 19.4 Å². The summed E-state index contributed by atoms with van der Waals surface area (Å²) in [5.74, 6) is 1.16. The van der Waals surface area contributed by atoms with Gasteiger partial charge in [-0.1, -0.05) is 46.9 Å². The van der Waals surface area contributed by atoms with Crippen molar-refractivity contribution in [3.63, 3.8) is 0 Å². The molecule has 0 saturated carbocycles. The standard InChI is InChI=1S/C21H15Cl3N2O2/c1-12(27)26-19(11-18(25-26)13-2-5-15(22)6-3-13)21-9-8-20(28-21)14-4-7-16(23)17(24)10-14/h2-10,19H,11H2,1H3. The third-order valence-electron chi connectivity index (χ3n) is 4.57. The van der Waals surface area contributed by atoms with Crippen molar-refractivity contribution in [2.75, 3.05) is 0 Å². The number of carbonyl (C=O) groups is 1.